The highest BCUT2D eigenvalue weighted by atomic mass is 32.1. The van der Waals surface area contributed by atoms with Crippen molar-refractivity contribution >= 4 is 38.4 Å². The molecule has 150 valence electrons. The zero-order valence-corrected chi connectivity index (χ0v) is 16.4. The molecule has 4 rings (SSSR count). The number of nitrogens with one attached hydrogen (secondary N) is 1. The Morgan fingerprint density at radius 2 is 1.93 bits per heavy atom. The Bertz CT molecular complexity index is 1260. The van der Waals surface area contributed by atoms with Gasteiger partial charge in [-0.15, -0.1) is 5.10 Å². The largest absolute Gasteiger partial charge is 0.453 e. The summed E-state index contributed by atoms with van der Waals surface area (Å²) in [6.45, 7) is 5.18. The molecule has 0 atom stereocenters. The summed E-state index contributed by atoms with van der Waals surface area (Å²) in [6, 6.07) is 5.80. The average Bonchev–Trinajstić information content (AvgIpc) is 3.21. The molecule has 0 aliphatic rings. The molecule has 0 unspecified atom stereocenters. The molecule has 1 N–H and O–H groups in total. The Labute approximate surface area is 166 Å². The van der Waals surface area contributed by atoms with Crippen LogP contribution in [0.1, 0.15) is 28.3 Å². The number of hydrogen-bond donors (Lipinski definition) is 1. The van der Waals surface area contributed by atoms with E-state index in [0.717, 1.165) is 20.3 Å². The Morgan fingerprint density at radius 1 is 1.17 bits per heavy atom. The van der Waals surface area contributed by atoms with Crippen molar-refractivity contribution in [3.8, 4) is 0 Å². The molecule has 0 aliphatic carbocycles. The molecule has 3 heterocycles. The van der Waals surface area contributed by atoms with E-state index in [1.807, 2.05) is 25.1 Å². The molecule has 0 aliphatic heterocycles. The van der Waals surface area contributed by atoms with Gasteiger partial charge in [-0.05, 0) is 38.5 Å². The van der Waals surface area contributed by atoms with Gasteiger partial charge in [0.05, 0.1) is 16.6 Å². The lowest BCUT2D eigenvalue weighted by Gasteiger charge is -2.09. The fraction of sp³-hybridized carbons (Fsp3) is 0.278. The lowest BCUT2D eigenvalue weighted by atomic mass is 10.1. The molecule has 3 aromatic heterocycles. The van der Waals surface area contributed by atoms with Gasteiger partial charge in [0.25, 0.3) is 11.6 Å². The molecule has 11 heteroatoms. The normalized spacial score (nSPS) is 12.1. The van der Waals surface area contributed by atoms with E-state index in [4.69, 9.17) is 0 Å². The minimum absolute atomic E-state index is 0.0726. The Kier molecular flexibility index (Phi) is 4.49. The van der Waals surface area contributed by atoms with Crippen LogP contribution in [-0.4, -0.2) is 30.5 Å². The number of alkyl halides is 3. The minimum atomic E-state index is -4.67. The van der Waals surface area contributed by atoms with Crippen LogP contribution in [0.5, 0.6) is 0 Å². The van der Waals surface area contributed by atoms with Crippen LogP contribution in [0, 0.1) is 20.8 Å². The molecule has 0 saturated carbocycles. The van der Waals surface area contributed by atoms with E-state index in [9.17, 15) is 18.0 Å². The fourth-order valence-corrected chi connectivity index (χ4v) is 3.97. The average molecular weight is 420 g/mol. The number of halogens is 3. The molecular formula is C18H15F3N6OS. The number of fused-ring (bicyclic) bond motifs is 2. The number of anilines is 1. The Morgan fingerprint density at radius 3 is 2.66 bits per heavy atom. The van der Waals surface area contributed by atoms with Crippen LogP contribution in [-0.2, 0) is 17.4 Å². The maximum Gasteiger partial charge on any atom is 0.453 e. The summed E-state index contributed by atoms with van der Waals surface area (Å²) in [5.41, 5.74) is 3.17. The maximum absolute atomic E-state index is 12.9. The third-order valence-electron chi connectivity index (χ3n) is 4.43. The third-order valence-corrected chi connectivity index (χ3v) is 5.36. The van der Waals surface area contributed by atoms with Crippen molar-refractivity contribution < 1.29 is 18.0 Å². The fourth-order valence-electron chi connectivity index (χ4n) is 2.99. The van der Waals surface area contributed by atoms with Gasteiger partial charge in [0, 0.05) is 17.0 Å². The van der Waals surface area contributed by atoms with Gasteiger partial charge in [0.1, 0.15) is 0 Å². The van der Waals surface area contributed by atoms with Crippen LogP contribution in [0.25, 0.3) is 16.0 Å². The predicted molar refractivity (Wildman–Crippen MR) is 102 cm³/mol. The molecule has 7 nitrogen and oxygen atoms in total. The van der Waals surface area contributed by atoms with Gasteiger partial charge in [-0.1, -0.05) is 17.4 Å². The number of nitrogens with zero attached hydrogens (tertiary/aromatic N) is 5. The van der Waals surface area contributed by atoms with Gasteiger partial charge in [-0.3, -0.25) is 4.79 Å². The first kappa shape index (κ1) is 19.2. The zero-order valence-electron chi connectivity index (χ0n) is 15.6. The summed E-state index contributed by atoms with van der Waals surface area (Å²) < 4.78 is 40.6. The third kappa shape index (κ3) is 3.65. The van der Waals surface area contributed by atoms with E-state index < -0.39 is 12.0 Å². The highest BCUT2D eigenvalue weighted by Crippen LogP contribution is 2.28. The van der Waals surface area contributed by atoms with Crippen molar-refractivity contribution in [2.24, 2.45) is 0 Å². The SMILES string of the molecule is Cc1ccc2nc(NC(=O)Cc3c(C)nc4nc(C(F)(F)F)nn4c3C)sc2c1. The van der Waals surface area contributed by atoms with Crippen LogP contribution in [0.4, 0.5) is 18.3 Å². The lowest BCUT2D eigenvalue weighted by Crippen LogP contribution is -2.17. The monoisotopic (exact) mass is 420 g/mol. The number of aryl methyl sites for hydroxylation is 3. The first-order valence-electron chi connectivity index (χ1n) is 8.59. The Balaban J connectivity index is 1.61. The van der Waals surface area contributed by atoms with Gasteiger partial charge in [-0.2, -0.15) is 18.2 Å². The van der Waals surface area contributed by atoms with Crippen LogP contribution in [0.3, 0.4) is 0 Å². The summed E-state index contributed by atoms with van der Waals surface area (Å²) in [5.74, 6) is -1.76. The van der Waals surface area contributed by atoms with Crippen molar-refractivity contribution in [3.05, 3.63) is 46.5 Å². The van der Waals surface area contributed by atoms with Crippen LogP contribution >= 0.6 is 11.3 Å². The van der Waals surface area contributed by atoms with Gasteiger partial charge in [0.2, 0.25) is 5.91 Å². The van der Waals surface area contributed by atoms with Gasteiger partial charge in [-0.25, -0.2) is 14.5 Å². The molecule has 4 aromatic rings. The second-order valence-corrected chi connectivity index (χ2v) is 7.65. The summed E-state index contributed by atoms with van der Waals surface area (Å²) in [6.07, 6.45) is -4.74. The number of hydrogen-bond acceptors (Lipinski definition) is 6. The zero-order chi connectivity index (χ0) is 20.9. The van der Waals surface area contributed by atoms with E-state index in [-0.39, 0.29) is 18.1 Å². The topological polar surface area (TPSA) is 85.1 Å². The molecule has 1 amide bonds. The summed E-state index contributed by atoms with van der Waals surface area (Å²) in [4.78, 5) is 24.4. The van der Waals surface area contributed by atoms with Gasteiger partial charge < -0.3 is 5.32 Å². The molecule has 0 bridgehead atoms. The van der Waals surface area contributed by atoms with Crippen LogP contribution in [0.2, 0.25) is 0 Å². The van der Waals surface area contributed by atoms with Crippen molar-refractivity contribution in [2.75, 3.05) is 5.32 Å². The summed E-state index contributed by atoms with van der Waals surface area (Å²) in [7, 11) is 0. The maximum atomic E-state index is 12.9. The molecular weight excluding hydrogens is 405 g/mol. The van der Waals surface area contributed by atoms with Gasteiger partial charge >= 0.3 is 6.18 Å². The van der Waals surface area contributed by atoms with Crippen LogP contribution < -0.4 is 5.32 Å². The number of rotatable bonds is 3. The van der Waals surface area contributed by atoms with Crippen molar-refractivity contribution in [1.82, 2.24) is 24.6 Å². The van der Waals surface area contributed by atoms with E-state index in [1.54, 1.807) is 13.8 Å². The molecule has 1 aromatic carbocycles. The van der Waals surface area contributed by atoms with Crippen LogP contribution in [0.15, 0.2) is 18.2 Å². The Hall–Kier alpha value is -3.08. The molecule has 0 radical (unpaired) electrons. The molecule has 0 saturated heterocycles. The first-order chi connectivity index (χ1) is 13.6. The molecule has 29 heavy (non-hydrogen) atoms. The molecule has 0 spiro atoms. The highest BCUT2D eigenvalue weighted by Gasteiger charge is 2.37. The van der Waals surface area contributed by atoms with E-state index in [1.165, 1.54) is 11.3 Å². The number of carbonyl (C=O) groups excluding carboxylic acids is 1. The predicted octanol–water partition coefficient (Wildman–Crippen LogP) is 3.86. The second-order valence-electron chi connectivity index (χ2n) is 6.62. The number of thiazole rings is 1. The standard InChI is InChI=1S/C18H15F3N6OS/c1-8-4-5-12-13(6-8)29-17(23-12)24-14(28)7-11-9(2)22-16-25-15(18(19,20)21)26-27(16)10(11)3/h4-6H,7H2,1-3H3,(H,23,24,28). The quantitative estimate of drug-likeness (QED) is 0.544. The summed E-state index contributed by atoms with van der Waals surface area (Å²) >= 11 is 1.36. The number of aromatic nitrogens is 5. The van der Waals surface area contributed by atoms with Crippen molar-refractivity contribution in [3.63, 3.8) is 0 Å². The lowest BCUT2D eigenvalue weighted by molar-refractivity contribution is -0.144. The van der Waals surface area contributed by atoms with Crippen molar-refractivity contribution in [2.45, 2.75) is 33.4 Å². The number of carbonyl (C=O) groups is 1. The second kappa shape index (κ2) is 6.76. The smallest absolute Gasteiger partial charge is 0.302 e. The van der Waals surface area contributed by atoms with Crippen molar-refractivity contribution in [1.29, 1.82) is 0 Å². The van der Waals surface area contributed by atoms with E-state index >= 15 is 0 Å². The number of amides is 1. The minimum Gasteiger partial charge on any atom is -0.302 e. The van der Waals surface area contributed by atoms with E-state index in [0.29, 0.717) is 22.1 Å². The molecule has 0 fully saturated rings. The summed E-state index contributed by atoms with van der Waals surface area (Å²) in [5, 5.41) is 6.69. The highest BCUT2D eigenvalue weighted by molar-refractivity contribution is 7.22. The van der Waals surface area contributed by atoms with E-state index in [2.05, 4.69) is 25.4 Å². The number of benzene rings is 1. The van der Waals surface area contributed by atoms with Gasteiger partial charge in [0.15, 0.2) is 5.13 Å². The first-order valence-corrected chi connectivity index (χ1v) is 9.40.